The molecule has 0 aliphatic carbocycles. The Morgan fingerprint density at radius 2 is 1.65 bits per heavy atom. The predicted octanol–water partition coefficient (Wildman–Crippen LogP) is 3.62. The summed E-state index contributed by atoms with van der Waals surface area (Å²) in [5, 5.41) is 0. The van der Waals surface area contributed by atoms with Crippen LogP contribution in [0, 0.1) is 6.92 Å². The van der Waals surface area contributed by atoms with Crippen molar-refractivity contribution in [3.05, 3.63) is 57.8 Å². The molecule has 0 spiro atoms. The number of hydrogen-bond acceptors (Lipinski definition) is 3. The summed E-state index contributed by atoms with van der Waals surface area (Å²) in [4.78, 5) is 7.63. The summed E-state index contributed by atoms with van der Waals surface area (Å²) in [6, 6.07) is 15.2. The molecule has 0 N–H and O–H groups in total. The smallest absolute Gasteiger partial charge is 0.0332 e. The highest BCUT2D eigenvalue weighted by Gasteiger charge is 2.09. The second-order valence-electron chi connectivity index (χ2n) is 5.51. The second-order valence-corrected chi connectivity index (χ2v) is 6.88. The highest BCUT2D eigenvalue weighted by Crippen LogP contribution is 2.18. The van der Waals surface area contributed by atoms with E-state index in [0.717, 1.165) is 26.2 Å². The number of rotatable bonds is 7. The van der Waals surface area contributed by atoms with Crippen LogP contribution >= 0.6 is 11.3 Å². The predicted molar refractivity (Wildman–Crippen MR) is 88.2 cm³/mol. The van der Waals surface area contributed by atoms with Crippen molar-refractivity contribution in [3.63, 3.8) is 0 Å². The molecule has 1 aromatic carbocycles. The maximum absolute atomic E-state index is 2.53. The number of nitrogens with zero attached hydrogens (tertiary/aromatic N) is 2. The van der Waals surface area contributed by atoms with E-state index < -0.39 is 0 Å². The van der Waals surface area contributed by atoms with E-state index in [4.69, 9.17) is 0 Å². The second kappa shape index (κ2) is 7.58. The summed E-state index contributed by atoms with van der Waals surface area (Å²) in [5.74, 6) is 0. The van der Waals surface area contributed by atoms with Crippen LogP contribution in [-0.4, -0.2) is 37.0 Å². The lowest BCUT2D eigenvalue weighted by molar-refractivity contribution is 0.228. The SMILES string of the molecule is Cc1ccc(CN(CCN(C)C)Cc2ccccc2)s1. The van der Waals surface area contributed by atoms with Gasteiger partial charge in [-0.05, 0) is 38.7 Å². The van der Waals surface area contributed by atoms with Crippen LogP contribution in [0.25, 0.3) is 0 Å². The van der Waals surface area contributed by atoms with Gasteiger partial charge in [0.05, 0.1) is 0 Å². The maximum Gasteiger partial charge on any atom is 0.0332 e. The molecule has 2 aromatic rings. The van der Waals surface area contributed by atoms with Crippen LogP contribution < -0.4 is 0 Å². The van der Waals surface area contributed by atoms with Gasteiger partial charge in [-0.2, -0.15) is 0 Å². The third kappa shape index (κ3) is 5.08. The molecule has 0 amide bonds. The first-order chi connectivity index (χ1) is 9.63. The van der Waals surface area contributed by atoms with Gasteiger partial charge in [-0.1, -0.05) is 30.3 Å². The minimum Gasteiger partial charge on any atom is -0.308 e. The minimum absolute atomic E-state index is 1.02. The van der Waals surface area contributed by atoms with Crippen molar-refractivity contribution < 1.29 is 0 Å². The Kier molecular flexibility index (Phi) is 5.77. The van der Waals surface area contributed by atoms with Crippen molar-refractivity contribution in [1.82, 2.24) is 9.80 Å². The molecule has 2 nitrogen and oxygen atoms in total. The number of hydrogen-bond donors (Lipinski definition) is 0. The van der Waals surface area contributed by atoms with E-state index in [9.17, 15) is 0 Å². The van der Waals surface area contributed by atoms with Crippen LogP contribution in [0.4, 0.5) is 0 Å². The highest BCUT2D eigenvalue weighted by atomic mass is 32.1. The number of benzene rings is 1. The summed E-state index contributed by atoms with van der Waals surface area (Å²) in [7, 11) is 4.27. The largest absolute Gasteiger partial charge is 0.308 e. The molecule has 0 atom stereocenters. The Morgan fingerprint density at radius 1 is 0.900 bits per heavy atom. The lowest BCUT2D eigenvalue weighted by Gasteiger charge is -2.23. The summed E-state index contributed by atoms with van der Waals surface area (Å²) in [6.07, 6.45) is 0. The standard InChI is InChI=1S/C17H24N2S/c1-15-9-10-17(20-15)14-19(12-11-18(2)3)13-16-7-5-4-6-8-16/h4-10H,11-14H2,1-3H3. The molecule has 3 heteroatoms. The van der Waals surface area contributed by atoms with E-state index >= 15 is 0 Å². The van der Waals surface area contributed by atoms with Crippen LogP contribution in [0.1, 0.15) is 15.3 Å². The molecule has 0 bridgehead atoms. The van der Waals surface area contributed by atoms with Gasteiger partial charge in [-0.25, -0.2) is 0 Å². The average molecular weight is 288 g/mol. The molecule has 20 heavy (non-hydrogen) atoms. The molecule has 0 radical (unpaired) electrons. The van der Waals surface area contributed by atoms with E-state index in [1.54, 1.807) is 0 Å². The van der Waals surface area contributed by atoms with Crippen LogP contribution in [0.5, 0.6) is 0 Å². The van der Waals surface area contributed by atoms with Gasteiger partial charge in [0.25, 0.3) is 0 Å². The zero-order chi connectivity index (χ0) is 14.4. The molecule has 0 saturated heterocycles. The Hall–Kier alpha value is -1.16. The molecule has 0 unspecified atom stereocenters. The van der Waals surface area contributed by atoms with Gasteiger partial charge in [0.1, 0.15) is 0 Å². The van der Waals surface area contributed by atoms with E-state index in [0.29, 0.717) is 0 Å². The molecule has 2 rings (SSSR count). The van der Waals surface area contributed by atoms with E-state index in [1.807, 2.05) is 11.3 Å². The molecular formula is C17H24N2S. The van der Waals surface area contributed by atoms with Gasteiger partial charge in [-0.15, -0.1) is 11.3 Å². The monoisotopic (exact) mass is 288 g/mol. The van der Waals surface area contributed by atoms with Crippen molar-refractivity contribution in [2.24, 2.45) is 0 Å². The zero-order valence-corrected chi connectivity index (χ0v) is 13.5. The zero-order valence-electron chi connectivity index (χ0n) is 12.7. The van der Waals surface area contributed by atoms with Crippen LogP contribution in [0.2, 0.25) is 0 Å². The van der Waals surface area contributed by atoms with E-state index in [2.05, 4.69) is 73.3 Å². The van der Waals surface area contributed by atoms with Crippen molar-refractivity contribution in [2.45, 2.75) is 20.0 Å². The van der Waals surface area contributed by atoms with E-state index in [-0.39, 0.29) is 0 Å². The normalized spacial score (nSPS) is 11.4. The van der Waals surface area contributed by atoms with E-state index in [1.165, 1.54) is 15.3 Å². The highest BCUT2D eigenvalue weighted by molar-refractivity contribution is 7.11. The van der Waals surface area contributed by atoms with Gasteiger partial charge in [-0.3, -0.25) is 4.90 Å². The summed E-state index contributed by atoms with van der Waals surface area (Å²) < 4.78 is 0. The third-order valence-electron chi connectivity index (χ3n) is 3.29. The Bertz CT molecular complexity index is 505. The number of likely N-dealkylation sites (N-methyl/N-ethyl adjacent to an activating group) is 1. The van der Waals surface area contributed by atoms with Crippen LogP contribution in [-0.2, 0) is 13.1 Å². The molecule has 0 aliphatic heterocycles. The Morgan fingerprint density at radius 3 is 2.25 bits per heavy atom. The van der Waals surface area contributed by atoms with Crippen molar-refractivity contribution in [1.29, 1.82) is 0 Å². The summed E-state index contributed by atoms with van der Waals surface area (Å²) in [5.41, 5.74) is 1.39. The van der Waals surface area contributed by atoms with Gasteiger partial charge < -0.3 is 4.90 Å². The first-order valence-electron chi connectivity index (χ1n) is 7.10. The topological polar surface area (TPSA) is 6.48 Å². The number of thiophene rings is 1. The van der Waals surface area contributed by atoms with Gasteiger partial charge in [0.15, 0.2) is 0 Å². The summed E-state index contributed by atoms with van der Waals surface area (Å²) in [6.45, 7) is 6.43. The van der Waals surface area contributed by atoms with Crippen LogP contribution in [0.15, 0.2) is 42.5 Å². The average Bonchev–Trinajstić information content (AvgIpc) is 2.82. The third-order valence-corrected chi connectivity index (χ3v) is 4.27. The van der Waals surface area contributed by atoms with Crippen LogP contribution in [0.3, 0.4) is 0 Å². The van der Waals surface area contributed by atoms with Gasteiger partial charge in [0.2, 0.25) is 0 Å². The van der Waals surface area contributed by atoms with Gasteiger partial charge >= 0.3 is 0 Å². The molecule has 0 aliphatic rings. The Labute approximate surface area is 126 Å². The lowest BCUT2D eigenvalue weighted by Crippen LogP contribution is -2.30. The molecule has 0 fully saturated rings. The number of aryl methyl sites for hydroxylation is 1. The lowest BCUT2D eigenvalue weighted by atomic mass is 10.2. The first-order valence-corrected chi connectivity index (χ1v) is 7.91. The summed E-state index contributed by atoms with van der Waals surface area (Å²) >= 11 is 1.91. The molecule has 0 saturated carbocycles. The maximum atomic E-state index is 2.53. The van der Waals surface area contributed by atoms with Crippen molar-refractivity contribution in [3.8, 4) is 0 Å². The van der Waals surface area contributed by atoms with Crippen molar-refractivity contribution in [2.75, 3.05) is 27.2 Å². The van der Waals surface area contributed by atoms with Gasteiger partial charge in [0, 0.05) is 35.9 Å². The fraction of sp³-hybridized carbons (Fsp3) is 0.412. The molecule has 1 heterocycles. The first kappa shape index (κ1) is 15.2. The molecule has 1 aromatic heterocycles. The molecular weight excluding hydrogens is 264 g/mol. The minimum atomic E-state index is 1.02. The quantitative estimate of drug-likeness (QED) is 0.768. The fourth-order valence-electron chi connectivity index (χ4n) is 2.19. The molecule has 108 valence electrons. The fourth-order valence-corrected chi connectivity index (χ4v) is 3.12. The van der Waals surface area contributed by atoms with Crippen molar-refractivity contribution >= 4 is 11.3 Å². The Balaban J connectivity index is 2.00.